The molecule has 11 heteroatoms. The van der Waals surface area contributed by atoms with E-state index in [0.29, 0.717) is 29.4 Å². The maximum atomic E-state index is 12.7. The minimum atomic E-state index is -3.91. The first kappa shape index (κ1) is 24.0. The zero-order valence-corrected chi connectivity index (χ0v) is 19.3. The van der Waals surface area contributed by atoms with Crippen molar-refractivity contribution in [2.24, 2.45) is 5.14 Å². The number of nitrogens with one attached hydrogen (secondary N) is 1. The van der Waals surface area contributed by atoms with E-state index in [1.165, 1.54) is 45.6 Å². The third kappa shape index (κ3) is 5.38. The first-order valence-corrected chi connectivity index (χ1v) is 11.1. The highest BCUT2D eigenvalue weighted by molar-refractivity contribution is 7.89. The summed E-state index contributed by atoms with van der Waals surface area (Å²) in [7, 11) is 2.05. The molecule has 0 fully saturated rings. The lowest BCUT2D eigenvalue weighted by molar-refractivity contribution is 0.0994. The Morgan fingerprint density at radius 2 is 1.55 bits per heavy atom. The lowest BCUT2D eigenvalue weighted by Crippen LogP contribution is -2.14. The van der Waals surface area contributed by atoms with Gasteiger partial charge in [-0.25, -0.2) is 13.6 Å². The summed E-state index contributed by atoms with van der Waals surface area (Å²) >= 11 is 0. The lowest BCUT2D eigenvalue weighted by atomic mass is 10.1. The van der Waals surface area contributed by atoms with Crippen LogP contribution in [-0.4, -0.2) is 42.8 Å². The quantitative estimate of drug-likeness (QED) is 0.481. The van der Waals surface area contributed by atoms with E-state index in [9.17, 15) is 13.2 Å². The number of hydrogen-bond donors (Lipinski definition) is 2. The van der Waals surface area contributed by atoms with E-state index in [2.05, 4.69) is 5.32 Å². The molecule has 3 N–H and O–H groups in total. The molecule has 1 heterocycles. The molecule has 0 aliphatic rings. The number of sulfonamides is 1. The van der Waals surface area contributed by atoms with Gasteiger partial charge in [-0.1, -0.05) is 0 Å². The predicted molar refractivity (Wildman–Crippen MR) is 120 cm³/mol. The van der Waals surface area contributed by atoms with E-state index in [1.54, 1.807) is 25.3 Å². The SMILES string of the molecule is COc1cc(OC)c(Cc2ccc(C(=O)Nc3ccc(S(N)(=O)=O)cc3OC)o2)c(OC)c1. The molecule has 0 saturated heterocycles. The number of ether oxygens (including phenoxy) is 4. The number of nitrogens with two attached hydrogens (primary N) is 1. The Labute approximate surface area is 191 Å². The zero-order valence-electron chi connectivity index (χ0n) is 18.5. The molecule has 0 unspecified atom stereocenters. The molecule has 0 aliphatic carbocycles. The summed E-state index contributed by atoms with van der Waals surface area (Å²) in [5.74, 6) is 1.81. The molecule has 3 aromatic rings. The second-order valence-corrected chi connectivity index (χ2v) is 8.38. The number of benzene rings is 2. The number of carbonyl (C=O) groups is 1. The first-order valence-electron chi connectivity index (χ1n) is 9.60. The van der Waals surface area contributed by atoms with Gasteiger partial charge in [0.1, 0.15) is 28.8 Å². The van der Waals surface area contributed by atoms with Crippen LogP contribution < -0.4 is 29.4 Å². The molecular formula is C22H24N2O8S. The number of furan rings is 1. The fraction of sp³-hybridized carbons (Fsp3) is 0.227. The minimum Gasteiger partial charge on any atom is -0.496 e. The molecule has 0 saturated carbocycles. The largest absolute Gasteiger partial charge is 0.496 e. The Kier molecular flexibility index (Phi) is 7.14. The van der Waals surface area contributed by atoms with Crippen molar-refractivity contribution in [2.75, 3.05) is 33.8 Å². The number of carbonyl (C=O) groups excluding carboxylic acids is 1. The van der Waals surface area contributed by atoms with Crippen LogP contribution in [0, 0.1) is 0 Å². The van der Waals surface area contributed by atoms with Crippen LogP contribution in [0.5, 0.6) is 23.0 Å². The Balaban J connectivity index is 1.82. The summed E-state index contributed by atoms with van der Waals surface area (Å²) in [4.78, 5) is 12.6. The van der Waals surface area contributed by atoms with Gasteiger partial charge in [0.2, 0.25) is 10.0 Å². The van der Waals surface area contributed by atoms with Crippen molar-refractivity contribution < 1.29 is 36.6 Å². The summed E-state index contributed by atoms with van der Waals surface area (Å²) < 4.78 is 50.1. The van der Waals surface area contributed by atoms with E-state index in [1.807, 2.05) is 0 Å². The molecule has 0 bridgehead atoms. The van der Waals surface area contributed by atoms with Gasteiger partial charge in [0.25, 0.3) is 5.91 Å². The third-order valence-electron chi connectivity index (χ3n) is 4.80. The summed E-state index contributed by atoms with van der Waals surface area (Å²) in [5, 5.41) is 7.77. The van der Waals surface area contributed by atoms with Crippen LogP contribution in [-0.2, 0) is 16.4 Å². The van der Waals surface area contributed by atoms with E-state index in [0.717, 1.165) is 5.56 Å². The monoisotopic (exact) mass is 476 g/mol. The Morgan fingerprint density at radius 1 is 0.909 bits per heavy atom. The molecule has 33 heavy (non-hydrogen) atoms. The summed E-state index contributed by atoms with van der Waals surface area (Å²) in [6, 6.07) is 10.5. The number of rotatable bonds is 9. The number of hydrogen-bond acceptors (Lipinski definition) is 8. The highest BCUT2D eigenvalue weighted by Crippen LogP contribution is 2.36. The summed E-state index contributed by atoms with van der Waals surface area (Å²) in [6.45, 7) is 0. The van der Waals surface area contributed by atoms with Gasteiger partial charge in [0, 0.05) is 30.2 Å². The summed E-state index contributed by atoms with van der Waals surface area (Å²) in [6.07, 6.45) is 0.302. The fourth-order valence-electron chi connectivity index (χ4n) is 3.16. The van der Waals surface area contributed by atoms with E-state index in [4.69, 9.17) is 28.5 Å². The Hall–Kier alpha value is -3.70. The third-order valence-corrected chi connectivity index (χ3v) is 5.71. The van der Waals surface area contributed by atoms with E-state index < -0.39 is 15.9 Å². The van der Waals surface area contributed by atoms with Gasteiger partial charge in [0.05, 0.1) is 39.0 Å². The molecule has 1 amide bonds. The fourth-order valence-corrected chi connectivity index (χ4v) is 3.69. The predicted octanol–water partition coefficient (Wildman–Crippen LogP) is 2.80. The van der Waals surface area contributed by atoms with Crippen LogP contribution in [0.1, 0.15) is 21.9 Å². The van der Waals surface area contributed by atoms with Gasteiger partial charge in [0.15, 0.2) is 5.76 Å². The van der Waals surface area contributed by atoms with Crippen molar-refractivity contribution in [2.45, 2.75) is 11.3 Å². The van der Waals surface area contributed by atoms with Crippen molar-refractivity contribution in [1.82, 2.24) is 0 Å². The zero-order chi connectivity index (χ0) is 24.2. The van der Waals surface area contributed by atoms with Gasteiger partial charge >= 0.3 is 0 Å². The van der Waals surface area contributed by atoms with Crippen molar-refractivity contribution in [1.29, 1.82) is 0 Å². The highest BCUT2D eigenvalue weighted by atomic mass is 32.2. The smallest absolute Gasteiger partial charge is 0.291 e. The van der Waals surface area contributed by atoms with Gasteiger partial charge in [-0.15, -0.1) is 0 Å². The Morgan fingerprint density at radius 3 is 2.09 bits per heavy atom. The molecule has 0 aliphatic heterocycles. The first-order chi connectivity index (χ1) is 15.7. The van der Waals surface area contributed by atoms with E-state index >= 15 is 0 Å². The molecule has 0 atom stereocenters. The average Bonchev–Trinajstić information content (AvgIpc) is 3.27. The van der Waals surface area contributed by atoms with Crippen molar-refractivity contribution >= 4 is 21.6 Å². The van der Waals surface area contributed by atoms with Crippen LogP contribution in [0.15, 0.2) is 51.8 Å². The Bertz CT molecular complexity index is 1240. The van der Waals surface area contributed by atoms with Crippen LogP contribution in [0.25, 0.3) is 0 Å². The molecule has 1 aromatic heterocycles. The van der Waals surface area contributed by atoms with Crippen LogP contribution >= 0.6 is 0 Å². The molecule has 3 rings (SSSR count). The average molecular weight is 477 g/mol. The molecule has 0 radical (unpaired) electrons. The summed E-state index contributed by atoms with van der Waals surface area (Å²) in [5.41, 5.74) is 0.980. The van der Waals surface area contributed by atoms with Crippen molar-refractivity contribution in [3.05, 3.63) is 59.5 Å². The molecule has 10 nitrogen and oxygen atoms in total. The lowest BCUT2D eigenvalue weighted by Gasteiger charge is -2.14. The number of anilines is 1. The van der Waals surface area contributed by atoms with Gasteiger partial charge in [-0.2, -0.15) is 0 Å². The minimum absolute atomic E-state index is 0.0500. The molecule has 2 aromatic carbocycles. The standard InChI is InChI=1S/C22H24N2O8S/c1-28-14-10-19(29-2)16(20(11-14)30-3)9-13-5-8-18(32-13)22(25)24-17-7-6-15(33(23,26)27)12-21(17)31-4/h5-8,10-12H,9H2,1-4H3,(H,24,25)(H2,23,26,27). The van der Waals surface area contributed by atoms with Crippen LogP contribution in [0.4, 0.5) is 5.69 Å². The topological polar surface area (TPSA) is 139 Å². The maximum absolute atomic E-state index is 12.7. The molecular weight excluding hydrogens is 452 g/mol. The second-order valence-electron chi connectivity index (χ2n) is 6.81. The number of methoxy groups -OCH3 is 4. The van der Waals surface area contributed by atoms with E-state index in [-0.39, 0.29) is 22.1 Å². The van der Waals surface area contributed by atoms with Gasteiger partial charge in [-0.3, -0.25) is 4.79 Å². The normalized spacial score (nSPS) is 11.1. The van der Waals surface area contributed by atoms with Gasteiger partial charge < -0.3 is 28.7 Å². The van der Waals surface area contributed by atoms with Crippen LogP contribution in [0.3, 0.4) is 0 Å². The maximum Gasteiger partial charge on any atom is 0.291 e. The number of amides is 1. The number of primary sulfonamides is 1. The molecule has 0 spiro atoms. The van der Waals surface area contributed by atoms with Crippen molar-refractivity contribution in [3.8, 4) is 23.0 Å². The molecule has 176 valence electrons. The van der Waals surface area contributed by atoms with Crippen molar-refractivity contribution in [3.63, 3.8) is 0 Å². The van der Waals surface area contributed by atoms with Crippen LogP contribution in [0.2, 0.25) is 0 Å². The van der Waals surface area contributed by atoms with Gasteiger partial charge in [-0.05, 0) is 24.3 Å². The highest BCUT2D eigenvalue weighted by Gasteiger charge is 2.19. The second kappa shape index (κ2) is 9.84.